The predicted molar refractivity (Wildman–Crippen MR) is 101 cm³/mol. The number of sulfonamides is 1. The number of nitrogens with one attached hydrogen (secondary N) is 2. The molecule has 2 amide bonds. The number of halogens is 1. The molecule has 0 aliphatic carbocycles. The van der Waals surface area contributed by atoms with Gasteiger partial charge in [0.15, 0.2) is 0 Å². The van der Waals surface area contributed by atoms with Gasteiger partial charge in [-0.2, -0.15) is 0 Å². The van der Waals surface area contributed by atoms with Gasteiger partial charge in [-0.25, -0.2) is 13.1 Å². The molecule has 0 bridgehead atoms. The summed E-state index contributed by atoms with van der Waals surface area (Å²) in [6.07, 6.45) is 1.97. The average molecular weight is 402 g/mol. The minimum absolute atomic E-state index is 0. The molecule has 1 saturated heterocycles. The number of imide groups is 1. The summed E-state index contributed by atoms with van der Waals surface area (Å²) in [7, 11) is -3.45. The van der Waals surface area contributed by atoms with Gasteiger partial charge >= 0.3 is 0 Å². The maximum atomic E-state index is 12.3. The minimum atomic E-state index is -3.45. The van der Waals surface area contributed by atoms with Gasteiger partial charge in [0.25, 0.3) is 11.8 Å². The number of nitrogens with zero attached hydrogens (tertiary/aromatic N) is 1. The Morgan fingerprint density at radius 2 is 1.81 bits per heavy atom. The van der Waals surface area contributed by atoms with Crippen molar-refractivity contribution in [2.45, 2.75) is 38.3 Å². The average Bonchev–Trinajstić information content (AvgIpc) is 2.82. The van der Waals surface area contributed by atoms with Gasteiger partial charge in [0.1, 0.15) is 0 Å². The lowest BCUT2D eigenvalue weighted by Crippen LogP contribution is -2.52. The van der Waals surface area contributed by atoms with Crippen LogP contribution in [0, 0.1) is 0 Å². The highest BCUT2D eigenvalue weighted by Crippen LogP contribution is 2.22. The number of amides is 2. The summed E-state index contributed by atoms with van der Waals surface area (Å²) in [5, 5.41) is 3.25. The van der Waals surface area contributed by atoms with Crippen LogP contribution in [0.15, 0.2) is 24.3 Å². The van der Waals surface area contributed by atoms with Crippen LogP contribution >= 0.6 is 12.4 Å². The van der Waals surface area contributed by atoms with Gasteiger partial charge in [-0.3, -0.25) is 14.5 Å². The van der Waals surface area contributed by atoms with Crippen molar-refractivity contribution >= 4 is 34.2 Å². The van der Waals surface area contributed by atoms with Gasteiger partial charge in [-0.05, 0) is 44.9 Å². The van der Waals surface area contributed by atoms with E-state index in [1.54, 1.807) is 24.3 Å². The first kappa shape index (κ1) is 20.8. The monoisotopic (exact) mass is 401 g/mol. The molecule has 0 radical (unpaired) electrons. The molecule has 2 unspecified atom stereocenters. The lowest BCUT2D eigenvalue weighted by Gasteiger charge is -2.30. The number of fused-ring (bicyclic) bond motifs is 1. The van der Waals surface area contributed by atoms with Crippen molar-refractivity contribution in [3.05, 3.63) is 35.4 Å². The second-order valence-electron chi connectivity index (χ2n) is 6.59. The highest BCUT2D eigenvalue weighted by Gasteiger charge is 2.35. The Labute approximate surface area is 160 Å². The van der Waals surface area contributed by atoms with E-state index < -0.39 is 10.0 Å². The Bertz CT molecular complexity index is 749. The van der Waals surface area contributed by atoms with Crippen molar-refractivity contribution in [2.75, 3.05) is 18.8 Å². The van der Waals surface area contributed by atoms with E-state index in [4.69, 9.17) is 0 Å². The molecule has 1 fully saturated rings. The van der Waals surface area contributed by atoms with Crippen LogP contribution in [0.3, 0.4) is 0 Å². The van der Waals surface area contributed by atoms with Gasteiger partial charge in [0, 0.05) is 18.6 Å². The molecule has 9 heteroatoms. The topological polar surface area (TPSA) is 95.6 Å². The lowest BCUT2D eigenvalue weighted by atomic mass is 10.0. The molecule has 3 rings (SSSR count). The van der Waals surface area contributed by atoms with Crippen LogP contribution in [-0.2, 0) is 10.0 Å². The van der Waals surface area contributed by atoms with E-state index in [1.165, 1.54) is 0 Å². The number of piperidine rings is 1. The number of benzene rings is 1. The SMILES string of the molecule is CC1NCCCC1NS(=O)(=O)CCCN1C(=O)c2ccccc2C1=O.Cl. The van der Waals surface area contributed by atoms with Crippen LogP contribution in [0.4, 0.5) is 0 Å². The molecule has 1 aromatic rings. The fourth-order valence-electron chi connectivity index (χ4n) is 3.35. The van der Waals surface area contributed by atoms with E-state index in [2.05, 4.69) is 10.0 Å². The maximum absolute atomic E-state index is 12.3. The molecule has 2 atom stereocenters. The maximum Gasteiger partial charge on any atom is 0.261 e. The number of hydrogen-bond acceptors (Lipinski definition) is 5. The third kappa shape index (κ3) is 4.43. The molecule has 2 heterocycles. The molecule has 2 aliphatic rings. The van der Waals surface area contributed by atoms with E-state index in [9.17, 15) is 18.0 Å². The van der Waals surface area contributed by atoms with Crippen molar-refractivity contribution in [1.82, 2.24) is 14.9 Å². The summed E-state index contributed by atoms with van der Waals surface area (Å²) in [6.45, 7) is 2.97. The van der Waals surface area contributed by atoms with Crippen LogP contribution < -0.4 is 10.0 Å². The predicted octanol–water partition coefficient (Wildman–Crippen LogP) is 1.15. The second-order valence-corrected chi connectivity index (χ2v) is 8.46. The zero-order valence-corrected chi connectivity index (χ0v) is 16.2. The smallest absolute Gasteiger partial charge is 0.261 e. The molecule has 2 N–H and O–H groups in total. The summed E-state index contributed by atoms with van der Waals surface area (Å²) in [4.78, 5) is 25.6. The quantitative estimate of drug-likeness (QED) is 0.697. The second kappa shape index (κ2) is 8.47. The highest BCUT2D eigenvalue weighted by atomic mass is 35.5. The molecule has 2 aliphatic heterocycles. The fourth-order valence-corrected chi connectivity index (χ4v) is 4.76. The van der Waals surface area contributed by atoms with Crippen LogP contribution in [0.5, 0.6) is 0 Å². The molecular formula is C17H24ClN3O4S. The summed E-state index contributed by atoms with van der Waals surface area (Å²) >= 11 is 0. The first-order valence-corrected chi connectivity index (χ1v) is 10.2. The van der Waals surface area contributed by atoms with E-state index in [-0.39, 0.29) is 55.0 Å². The van der Waals surface area contributed by atoms with Crippen LogP contribution in [0.2, 0.25) is 0 Å². The zero-order valence-electron chi connectivity index (χ0n) is 14.6. The summed E-state index contributed by atoms with van der Waals surface area (Å²) in [5.74, 6) is -0.809. The fraction of sp³-hybridized carbons (Fsp3) is 0.529. The van der Waals surface area contributed by atoms with Crippen LogP contribution in [0.1, 0.15) is 46.9 Å². The first-order valence-electron chi connectivity index (χ1n) is 8.58. The van der Waals surface area contributed by atoms with Gasteiger partial charge in [0.05, 0.1) is 16.9 Å². The van der Waals surface area contributed by atoms with E-state index in [0.717, 1.165) is 24.3 Å². The highest BCUT2D eigenvalue weighted by molar-refractivity contribution is 7.89. The van der Waals surface area contributed by atoms with Gasteiger partial charge in [-0.15, -0.1) is 12.4 Å². The van der Waals surface area contributed by atoms with Crippen LogP contribution in [0.25, 0.3) is 0 Å². The summed E-state index contributed by atoms with van der Waals surface area (Å²) in [5.41, 5.74) is 0.770. The minimum Gasteiger partial charge on any atom is -0.313 e. The molecule has 144 valence electrons. The Kier molecular flexibility index (Phi) is 6.79. The van der Waals surface area contributed by atoms with Crippen molar-refractivity contribution in [3.63, 3.8) is 0 Å². The van der Waals surface area contributed by atoms with E-state index in [1.807, 2.05) is 6.92 Å². The molecule has 0 spiro atoms. The number of hydrogen-bond donors (Lipinski definition) is 2. The van der Waals surface area contributed by atoms with E-state index in [0.29, 0.717) is 11.1 Å². The standard InChI is InChI=1S/C17H23N3O4S.ClH/c1-12-15(8-4-9-18-12)19-25(23,24)11-5-10-20-16(21)13-6-2-3-7-14(13)17(20)22;/h2-3,6-7,12,15,18-19H,4-5,8-11H2,1H3;1H. The zero-order chi connectivity index (χ0) is 18.0. The van der Waals surface area contributed by atoms with Crippen molar-refractivity contribution in [2.24, 2.45) is 0 Å². The van der Waals surface area contributed by atoms with Crippen molar-refractivity contribution < 1.29 is 18.0 Å². The Morgan fingerprint density at radius 3 is 2.38 bits per heavy atom. The summed E-state index contributed by atoms with van der Waals surface area (Å²) in [6, 6.07) is 6.64. The Hall–Kier alpha value is -1.48. The molecule has 1 aromatic carbocycles. The number of carbonyl (C=O) groups is 2. The van der Waals surface area contributed by atoms with Crippen molar-refractivity contribution in [3.8, 4) is 0 Å². The lowest BCUT2D eigenvalue weighted by molar-refractivity contribution is 0.0654. The summed E-state index contributed by atoms with van der Waals surface area (Å²) < 4.78 is 27.3. The normalized spacial score (nSPS) is 22.9. The third-order valence-electron chi connectivity index (χ3n) is 4.77. The third-order valence-corrected chi connectivity index (χ3v) is 6.25. The first-order chi connectivity index (χ1) is 11.9. The van der Waals surface area contributed by atoms with Crippen LogP contribution in [-0.4, -0.2) is 56.1 Å². The van der Waals surface area contributed by atoms with Crippen molar-refractivity contribution in [1.29, 1.82) is 0 Å². The Balaban J connectivity index is 0.00000243. The largest absolute Gasteiger partial charge is 0.313 e. The Morgan fingerprint density at radius 1 is 1.19 bits per heavy atom. The van der Waals surface area contributed by atoms with Gasteiger partial charge in [-0.1, -0.05) is 12.1 Å². The molecular weight excluding hydrogens is 378 g/mol. The number of carbonyl (C=O) groups excluding carboxylic acids is 2. The number of rotatable bonds is 6. The molecule has 0 saturated carbocycles. The van der Waals surface area contributed by atoms with Gasteiger partial charge in [0.2, 0.25) is 10.0 Å². The van der Waals surface area contributed by atoms with Gasteiger partial charge < -0.3 is 5.32 Å². The molecule has 0 aromatic heterocycles. The molecule has 7 nitrogen and oxygen atoms in total. The molecule has 26 heavy (non-hydrogen) atoms. The van der Waals surface area contributed by atoms with E-state index >= 15 is 0 Å².